The minimum atomic E-state index is -0.468. The molecule has 0 atom stereocenters. The Balaban J connectivity index is 1.94. The highest BCUT2D eigenvalue weighted by Gasteiger charge is 2.24. The highest BCUT2D eigenvalue weighted by molar-refractivity contribution is 5.60. The van der Waals surface area contributed by atoms with E-state index >= 15 is 0 Å². The molecular weight excluding hydrogens is 332 g/mol. The van der Waals surface area contributed by atoms with E-state index in [1.54, 1.807) is 27.9 Å². The van der Waals surface area contributed by atoms with Gasteiger partial charge in [0.05, 0.1) is 9.85 Å². The number of aromatic nitrogens is 4. The van der Waals surface area contributed by atoms with E-state index in [9.17, 15) is 20.2 Å². The van der Waals surface area contributed by atoms with E-state index in [0.717, 1.165) is 0 Å². The maximum Gasteiger partial charge on any atom is 0.333 e. The molecule has 0 amide bonds. The Morgan fingerprint density at radius 2 is 1.24 bits per heavy atom. The lowest BCUT2D eigenvalue weighted by Crippen LogP contribution is -2.14. The molecule has 12 nitrogen and oxygen atoms in total. The van der Waals surface area contributed by atoms with E-state index in [1.807, 2.05) is 0 Å². The predicted molar refractivity (Wildman–Crippen MR) is 90.8 cm³/mol. The molecule has 2 aromatic heterocycles. The van der Waals surface area contributed by atoms with Crippen LogP contribution in [0.25, 0.3) is 0 Å². The summed E-state index contributed by atoms with van der Waals surface area (Å²) in [5.74, 6) is 0.676. The van der Waals surface area contributed by atoms with Crippen LogP contribution in [0.15, 0.2) is 0 Å². The fourth-order valence-corrected chi connectivity index (χ4v) is 2.63. The normalized spacial score (nSPS) is 10.7. The van der Waals surface area contributed by atoms with Crippen LogP contribution in [0.3, 0.4) is 0 Å². The van der Waals surface area contributed by atoms with Crippen LogP contribution >= 0.6 is 0 Å². The number of rotatable bonds is 8. The fourth-order valence-electron chi connectivity index (χ4n) is 2.63. The van der Waals surface area contributed by atoms with Crippen LogP contribution in [-0.2, 0) is 14.1 Å². The third-order valence-corrected chi connectivity index (χ3v) is 3.68. The van der Waals surface area contributed by atoms with Gasteiger partial charge in [-0.25, -0.2) is 9.36 Å². The second-order valence-electron chi connectivity index (χ2n) is 5.53. The number of nitrogens with zero attached hydrogens (tertiary/aromatic N) is 6. The largest absolute Gasteiger partial charge is 0.364 e. The molecular formula is C13H20N8O4. The Bertz CT molecular complexity index is 743. The summed E-state index contributed by atoms with van der Waals surface area (Å²) in [7, 11) is 3.25. The van der Waals surface area contributed by atoms with Gasteiger partial charge in [0.1, 0.15) is 11.4 Å². The van der Waals surface area contributed by atoms with Gasteiger partial charge in [0, 0.05) is 27.2 Å². The smallest absolute Gasteiger partial charge is 0.333 e. The van der Waals surface area contributed by atoms with Crippen LogP contribution in [-0.4, -0.2) is 42.5 Å². The van der Waals surface area contributed by atoms with Crippen LogP contribution in [0.2, 0.25) is 0 Å². The van der Waals surface area contributed by atoms with E-state index in [0.29, 0.717) is 42.5 Å². The molecule has 0 aliphatic carbocycles. The Morgan fingerprint density at radius 3 is 1.56 bits per heavy atom. The standard InChI is InChI=1S/C13H20N8O4/c1-8-10(20(22)23)12(18(3)16-8)14-6-5-7-15-13-11(21(24)25)9(2)17-19(13)4/h14-15H,5-7H2,1-4H3. The first-order valence-electron chi connectivity index (χ1n) is 7.57. The summed E-state index contributed by atoms with van der Waals surface area (Å²) in [5, 5.41) is 36.2. The van der Waals surface area contributed by atoms with Crippen LogP contribution in [0.5, 0.6) is 0 Å². The van der Waals surface area contributed by atoms with Crippen LogP contribution in [0.4, 0.5) is 23.0 Å². The van der Waals surface area contributed by atoms with Crippen molar-refractivity contribution in [3.8, 4) is 0 Å². The van der Waals surface area contributed by atoms with Gasteiger partial charge in [-0.15, -0.1) is 0 Å². The highest BCUT2D eigenvalue weighted by Crippen LogP contribution is 2.28. The van der Waals surface area contributed by atoms with E-state index < -0.39 is 9.85 Å². The molecule has 25 heavy (non-hydrogen) atoms. The molecule has 0 aliphatic rings. The lowest BCUT2D eigenvalue weighted by atomic mass is 10.3. The molecule has 136 valence electrons. The van der Waals surface area contributed by atoms with Crippen molar-refractivity contribution in [3.05, 3.63) is 31.6 Å². The molecule has 2 rings (SSSR count). The summed E-state index contributed by atoms with van der Waals surface area (Å²) < 4.78 is 2.85. The molecule has 2 N–H and O–H groups in total. The molecule has 0 saturated heterocycles. The maximum atomic E-state index is 11.1. The highest BCUT2D eigenvalue weighted by atomic mass is 16.6. The summed E-state index contributed by atoms with van der Waals surface area (Å²) in [6, 6.07) is 0. The third kappa shape index (κ3) is 3.67. The third-order valence-electron chi connectivity index (χ3n) is 3.68. The van der Waals surface area contributed by atoms with Gasteiger partial charge in [0.2, 0.25) is 11.6 Å². The Morgan fingerprint density at radius 1 is 0.880 bits per heavy atom. The van der Waals surface area contributed by atoms with Gasteiger partial charge >= 0.3 is 11.4 Å². The quantitative estimate of drug-likeness (QED) is 0.413. The molecule has 0 aliphatic heterocycles. The van der Waals surface area contributed by atoms with Gasteiger partial charge in [0.15, 0.2) is 0 Å². The van der Waals surface area contributed by atoms with Crippen molar-refractivity contribution in [2.24, 2.45) is 14.1 Å². The zero-order valence-corrected chi connectivity index (χ0v) is 14.4. The topological polar surface area (TPSA) is 146 Å². The number of hydrogen-bond acceptors (Lipinski definition) is 8. The summed E-state index contributed by atoms with van der Waals surface area (Å²) in [6.45, 7) is 4.04. The average Bonchev–Trinajstić information content (AvgIpc) is 2.94. The molecule has 0 saturated carbocycles. The van der Waals surface area contributed by atoms with Crippen LogP contribution < -0.4 is 10.6 Å². The number of anilines is 2. The molecule has 12 heteroatoms. The summed E-state index contributed by atoms with van der Waals surface area (Å²) >= 11 is 0. The summed E-state index contributed by atoms with van der Waals surface area (Å²) in [6.07, 6.45) is 0.586. The fraction of sp³-hybridized carbons (Fsp3) is 0.538. The molecule has 2 heterocycles. The predicted octanol–water partition coefficient (Wildman–Crippen LogP) is 1.50. The Hall–Kier alpha value is -3.18. The lowest BCUT2D eigenvalue weighted by molar-refractivity contribution is -0.384. The van der Waals surface area contributed by atoms with Gasteiger partial charge in [-0.1, -0.05) is 0 Å². The first-order valence-corrected chi connectivity index (χ1v) is 7.57. The molecule has 0 unspecified atom stereocenters. The Kier molecular flexibility index (Phi) is 5.20. The molecule has 0 spiro atoms. The van der Waals surface area contributed by atoms with Crippen molar-refractivity contribution in [2.75, 3.05) is 23.7 Å². The van der Waals surface area contributed by atoms with Crippen LogP contribution in [0.1, 0.15) is 17.8 Å². The Labute approximate surface area is 143 Å². The van der Waals surface area contributed by atoms with Crippen molar-refractivity contribution in [1.29, 1.82) is 0 Å². The molecule has 2 aromatic rings. The van der Waals surface area contributed by atoms with Crippen molar-refractivity contribution in [2.45, 2.75) is 20.3 Å². The number of nitro groups is 2. The van der Waals surface area contributed by atoms with Gasteiger partial charge < -0.3 is 10.6 Å². The van der Waals surface area contributed by atoms with E-state index in [1.165, 1.54) is 9.36 Å². The minimum Gasteiger partial charge on any atom is -0.364 e. The monoisotopic (exact) mass is 352 g/mol. The van der Waals surface area contributed by atoms with Gasteiger partial charge in [0.25, 0.3) is 0 Å². The SMILES string of the molecule is Cc1nn(C)c(NCCCNc2c([N+](=O)[O-])c(C)nn2C)c1[N+](=O)[O-]. The molecule has 0 radical (unpaired) electrons. The number of hydrogen-bond donors (Lipinski definition) is 2. The van der Waals surface area contributed by atoms with Gasteiger partial charge in [-0.05, 0) is 20.3 Å². The molecule has 0 bridgehead atoms. The van der Waals surface area contributed by atoms with Crippen molar-refractivity contribution >= 4 is 23.0 Å². The number of aryl methyl sites for hydroxylation is 4. The van der Waals surface area contributed by atoms with Crippen molar-refractivity contribution < 1.29 is 9.85 Å². The molecule has 0 fully saturated rings. The number of nitrogens with one attached hydrogen (secondary N) is 2. The van der Waals surface area contributed by atoms with Crippen molar-refractivity contribution in [1.82, 2.24) is 19.6 Å². The first kappa shape index (κ1) is 18.2. The second-order valence-corrected chi connectivity index (χ2v) is 5.53. The van der Waals surface area contributed by atoms with E-state index in [4.69, 9.17) is 0 Å². The summed E-state index contributed by atoms with van der Waals surface area (Å²) in [5.41, 5.74) is 0.588. The maximum absolute atomic E-state index is 11.1. The first-order chi connectivity index (χ1) is 11.7. The average molecular weight is 352 g/mol. The zero-order chi connectivity index (χ0) is 18.7. The van der Waals surface area contributed by atoms with E-state index in [2.05, 4.69) is 20.8 Å². The zero-order valence-electron chi connectivity index (χ0n) is 14.4. The molecule has 0 aromatic carbocycles. The lowest BCUT2D eigenvalue weighted by Gasteiger charge is -2.08. The van der Waals surface area contributed by atoms with Gasteiger partial charge in [-0.2, -0.15) is 10.2 Å². The van der Waals surface area contributed by atoms with E-state index in [-0.39, 0.29) is 11.4 Å². The second kappa shape index (κ2) is 7.15. The van der Waals surface area contributed by atoms with Crippen LogP contribution in [0, 0.1) is 34.1 Å². The van der Waals surface area contributed by atoms with Gasteiger partial charge in [-0.3, -0.25) is 20.2 Å². The summed E-state index contributed by atoms with van der Waals surface area (Å²) in [4.78, 5) is 21.3. The minimum absolute atomic E-state index is 0.0478. The van der Waals surface area contributed by atoms with Crippen molar-refractivity contribution in [3.63, 3.8) is 0 Å².